The first-order chi connectivity index (χ1) is 19.5. The Morgan fingerprint density at radius 1 is 1.10 bits per heavy atom. The second-order valence-electron chi connectivity index (χ2n) is 11.9. The highest BCUT2D eigenvalue weighted by Gasteiger charge is 2.42. The fourth-order valence-electron chi connectivity index (χ4n) is 6.51. The maximum absolute atomic E-state index is 13.8. The van der Waals surface area contributed by atoms with Crippen molar-refractivity contribution in [3.8, 4) is 0 Å². The Labute approximate surface area is 247 Å². The molecule has 1 aliphatic rings. The summed E-state index contributed by atoms with van der Waals surface area (Å²) in [6.07, 6.45) is 2.56. The van der Waals surface area contributed by atoms with Crippen molar-refractivity contribution >= 4 is 17.7 Å². The molecule has 0 bridgehead atoms. The minimum Gasteiger partial charge on any atom is -0.379 e. The first-order valence-electron chi connectivity index (χ1n) is 15.2. The third kappa shape index (κ3) is 9.25. The smallest absolute Gasteiger partial charge is 0.235 e. The summed E-state index contributed by atoms with van der Waals surface area (Å²) in [6, 6.07) is 9.20. The molecule has 1 heterocycles. The fraction of sp³-hybridized carbons (Fsp3) is 0.719. The summed E-state index contributed by atoms with van der Waals surface area (Å²) in [6.45, 7) is 11.2. The summed E-state index contributed by atoms with van der Waals surface area (Å²) in [5, 5.41) is 3.04. The Morgan fingerprint density at radius 2 is 1.76 bits per heavy atom. The largest absolute Gasteiger partial charge is 0.379 e. The summed E-state index contributed by atoms with van der Waals surface area (Å²) in [5.74, 6) is -0.724. The zero-order chi connectivity index (χ0) is 30.7. The van der Waals surface area contributed by atoms with E-state index in [0.29, 0.717) is 13.1 Å². The number of nitrogens with two attached hydrogens (primary N) is 1. The van der Waals surface area contributed by atoms with Crippen LogP contribution in [0.4, 0.5) is 0 Å². The number of primary amides is 1. The molecule has 1 aromatic rings. The molecule has 0 unspecified atom stereocenters. The number of benzene rings is 1. The summed E-state index contributed by atoms with van der Waals surface area (Å²) in [4.78, 5) is 43.1. The number of hydrogen-bond donors (Lipinski definition) is 2. The lowest BCUT2D eigenvalue weighted by molar-refractivity contribution is -0.143. The highest BCUT2D eigenvalue weighted by Crippen LogP contribution is 2.30. The molecule has 7 atom stereocenters. The number of hydrogen-bond acceptors (Lipinski definition) is 6. The normalized spacial score (nSPS) is 20.0. The number of methoxy groups -OCH3 is 2. The van der Waals surface area contributed by atoms with E-state index in [4.69, 9.17) is 15.2 Å². The number of ether oxygens (including phenoxy) is 2. The van der Waals surface area contributed by atoms with Crippen LogP contribution in [0.15, 0.2) is 30.3 Å². The van der Waals surface area contributed by atoms with E-state index in [1.54, 1.807) is 14.2 Å². The molecule has 3 N–H and O–H groups in total. The van der Waals surface area contributed by atoms with E-state index >= 15 is 0 Å². The molecular formula is C32H54N4O5. The summed E-state index contributed by atoms with van der Waals surface area (Å²) >= 11 is 0. The van der Waals surface area contributed by atoms with E-state index < -0.39 is 24.2 Å². The minimum atomic E-state index is -0.472. The lowest BCUT2D eigenvalue weighted by Crippen LogP contribution is -2.57. The predicted molar refractivity (Wildman–Crippen MR) is 162 cm³/mol. The van der Waals surface area contributed by atoms with Crippen LogP contribution in [0.3, 0.4) is 0 Å². The quantitative estimate of drug-likeness (QED) is 0.295. The van der Waals surface area contributed by atoms with Gasteiger partial charge in [0.15, 0.2) is 0 Å². The van der Waals surface area contributed by atoms with Gasteiger partial charge in [0.05, 0.1) is 36.6 Å². The zero-order valence-corrected chi connectivity index (χ0v) is 26.5. The van der Waals surface area contributed by atoms with Gasteiger partial charge >= 0.3 is 0 Å². The van der Waals surface area contributed by atoms with Crippen LogP contribution in [-0.2, 0) is 30.3 Å². The van der Waals surface area contributed by atoms with Gasteiger partial charge in [-0.05, 0) is 43.7 Å². The molecule has 1 aliphatic heterocycles. The summed E-state index contributed by atoms with van der Waals surface area (Å²) < 4.78 is 11.8. The van der Waals surface area contributed by atoms with Crippen molar-refractivity contribution in [1.29, 1.82) is 0 Å². The van der Waals surface area contributed by atoms with Crippen LogP contribution >= 0.6 is 0 Å². The lowest BCUT2D eigenvalue weighted by Gasteiger charge is -2.42. The van der Waals surface area contributed by atoms with Crippen LogP contribution < -0.4 is 11.1 Å². The van der Waals surface area contributed by atoms with Gasteiger partial charge in [-0.2, -0.15) is 0 Å². The van der Waals surface area contributed by atoms with E-state index in [9.17, 15) is 14.4 Å². The number of likely N-dealkylation sites (N-methyl/N-ethyl adjacent to an activating group) is 1. The van der Waals surface area contributed by atoms with E-state index in [1.807, 2.05) is 68.0 Å². The molecular weight excluding hydrogens is 520 g/mol. The molecule has 9 heteroatoms. The van der Waals surface area contributed by atoms with Crippen molar-refractivity contribution in [1.82, 2.24) is 15.1 Å². The second-order valence-corrected chi connectivity index (χ2v) is 11.9. The van der Waals surface area contributed by atoms with Gasteiger partial charge in [-0.3, -0.25) is 19.3 Å². The standard InChI is InChI=1S/C32H54N4O5/c1-9-22(4)29(35(6)28(21(2)3)31(33)38)26(40-7)20-27(37)36-19-13-16-25(36)30(41-8)23(5)32(39)34-18-17-24-14-11-10-12-15-24/h10-12,14-15,21-23,25-26,28-30H,9,13,16-20H2,1-8H3,(H2,33,38)(H,34,39)/t22-,23+,25-,26+,28-,29-,30+/m0/s1. The topological polar surface area (TPSA) is 114 Å². The van der Waals surface area contributed by atoms with E-state index in [-0.39, 0.29) is 48.1 Å². The number of carbonyl (C=O) groups excluding carboxylic acids is 3. The van der Waals surface area contributed by atoms with Crippen molar-refractivity contribution < 1.29 is 23.9 Å². The van der Waals surface area contributed by atoms with Gasteiger partial charge in [0.2, 0.25) is 17.7 Å². The van der Waals surface area contributed by atoms with Crippen LogP contribution in [0.1, 0.15) is 65.9 Å². The average Bonchev–Trinajstić information content (AvgIpc) is 3.42. The first kappa shape index (κ1) is 34.7. The van der Waals surface area contributed by atoms with Crippen LogP contribution in [-0.4, -0.2) is 92.2 Å². The van der Waals surface area contributed by atoms with Crippen molar-refractivity contribution in [3.63, 3.8) is 0 Å². The molecule has 1 fully saturated rings. The van der Waals surface area contributed by atoms with E-state index in [1.165, 1.54) is 5.56 Å². The molecule has 0 aliphatic carbocycles. The van der Waals surface area contributed by atoms with Gasteiger partial charge < -0.3 is 25.4 Å². The Bertz CT molecular complexity index is 959. The molecule has 0 spiro atoms. The molecule has 1 aromatic carbocycles. The average molecular weight is 575 g/mol. The molecule has 3 amide bonds. The fourth-order valence-corrected chi connectivity index (χ4v) is 6.51. The number of rotatable bonds is 17. The Hall–Kier alpha value is -2.49. The summed E-state index contributed by atoms with van der Waals surface area (Å²) in [7, 11) is 5.14. The molecule has 1 saturated heterocycles. The molecule has 41 heavy (non-hydrogen) atoms. The molecule has 232 valence electrons. The van der Waals surface area contributed by atoms with Gasteiger partial charge in [0, 0.05) is 33.4 Å². The maximum Gasteiger partial charge on any atom is 0.235 e. The van der Waals surface area contributed by atoms with Crippen LogP contribution in [0, 0.1) is 17.8 Å². The van der Waals surface area contributed by atoms with Crippen LogP contribution in [0.25, 0.3) is 0 Å². The Kier molecular flexibility index (Phi) is 14.2. The molecule has 0 saturated carbocycles. The number of amides is 3. The van der Waals surface area contributed by atoms with Gasteiger partial charge in [0.25, 0.3) is 0 Å². The highest BCUT2D eigenvalue weighted by molar-refractivity contribution is 5.81. The lowest BCUT2D eigenvalue weighted by atomic mass is 9.88. The number of nitrogens with zero attached hydrogens (tertiary/aromatic N) is 2. The Morgan fingerprint density at radius 3 is 2.29 bits per heavy atom. The first-order valence-corrected chi connectivity index (χ1v) is 15.2. The van der Waals surface area contributed by atoms with Gasteiger partial charge in [0.1, 0.15) is 0 Å². The number of carbonyl (C=O) groups is 3. The zero-order valence-electron chi connectivity index (χ0n) is 26.5. The predicted octanol–water partition coefficient (Wildman–Crippen LogP) is 3.25. The van der Waals surface area contributed by atoms with E-state index in [0.717, 1.165) is 25.7 Å². The summed E-state index contributed by atoms with van der Waals surface area (Å²) in [5.41, 5.74) is 6.96. The number of likely N-dealkylation sites (tertiary alicyclic amines) is 1. The number of nitrogens with one attached hydrogen (secondary N) is 1. The highest BCUT2D eigenvalue weighted by atomic mass is 16.5. The molecule has 2 rings (SSSR count). The van der Waals surface area contributed by atoms with Gasteiger partial charge in [-0.15, -0.1) is 0 Å². The third-order valence-electron chi connectivity index (χ3n) is 8.85. The molecule has 0 radical (unpaired) electrons. The van der Waals surface area contributed by atoms with Crippen molar-refractivity contribution in [3.05, 3.63) is 35.9 Å². The maximum atomic E-state index is 13.8. The van der Waals surface area contributed by atoms with Gasteiger partial charge in [-0.25, -0.2) is 0 Å². The third-order valence-corrected chi connectivity index (χ3v) is 8.85. The van der Waals surface area contributed by atoms with Crippen LogP contribution in [0.5, 0.6) is 0 Å². The monoisotopic (exact) mass is 574 g/mol. The molecule has 9 nitrogen and oxygen atoms in total. The second kappa shape index (κ2) is 16.8. The van der Waals surface area contributed by atoms with E-state index in [2.05, 4.69) is 19.2 Å². The van der Waals surface area contributed by atoms with Crippen molar-refractivity contribution in [2.75, 3.05) is 34.4 Å². The van der Waals surface area contributed by atoms with Crippen LogP contribution in [0.2, 0.25) is 0 Å². The van der Waals surface area contributed by atoms with Crippen molar-refractivity contribution in [2.45, 2.75) is 97.1 Å². The van der Waals surface area contributed by atoms with Gasteiger partial charge in [-0.1, -0.05) is 71.4 Å². The Balaban J connectivity index is 2.14. The minimum absolute atomic E-state index is 0.0167. The SMILES string of the molecule is CC[C@H](C)[C@@H]([C@@H](CC(=O)N1CCC[C@H]1[C@H](OC)[C@@H](C)C(=O)NCCc1ccccc1)OC)N(C)[C@H](C(N)=O)C(C)C. The van der Waals surface area contributed by atoms with Crippen molar-refractivity contribution in [2.24, 2.45) is 23.5 Å². The molecule has 0 aromatic heterocycles.